The van der Waals surface area contributed by atoms with Gasteiger partial charge in [-0.05, 0) is 18.4 Å². The van der Waals surface area contributed by atoms with Gasteiger partial charge in [0.1, 0.15) is 0 Å². The minimum absolute atomic E-state index is 0.457. The molecule has 4 heteroatoms. The first-order chi connectivity index (χ1) is 9.15. The molecule has 0 radical (unpaired) electrons. The zero-order valence-corrected chi connectivity index (χ0v) is 11.7. The van der Waals surface area contributed by atoms with E-state index in [0.717, 1.165) is 24.8 Å². The van der Waals surface area contributed by atoms with Gasteiger partial charge in [0.15, 0.2) is 0 Å². The van der Waals surface area contributed by atoms with Crippen LogP contribution in [0.5, 0.6) is 0 Å². The number of carbonyl (C=O) groups excluding carboxylic acids is 2. The Kier molecular flexibility index (Phi) is 6.64. The van der Waals surface area contributed by atoms with Crippen LogP contribution in [0.4, 0.5) is 0 Å². The molecule has 0 aliphatic rings. The van der Waals surface area contributed by atoms with E-state index in [0.29, 0.717) is 13.1 Å². The highest BCUT2D eigenvalue weighted by atomic mass is 16.2. The SMILES string of the molecule is CCCCN(C)C(=O)C(=O)NCCc1ccccc1. The first-order valence-electron chi connectivity index (χ1n) is 6.72. The van der Waals surface area contributed by atoms with Crippen molar-refractivity contribution in [3.8, 4) is 0 Å². The summed E-state index contributed by atoms with van der Waals surface area (Å²) in [5, 5.41) is 2.66. The number of rotatable bonds is 6. The molecule has 2 amide bonds. The summed E-state index contributed by atoms with van der Waals surface area (Å²) in [6.45, 7) is 3.16. The Bertz CT molecular complexity index is 404. The number of amides is 2. The third-order valence-electron chi connectivity index (χ3n) is 2.93. The molecule has 0 saturated carbocycles. The Morgan fingerprint density at radius 1 is 1.21 bits per heavy atom. The van der Waals surface area contributed by atoms with Gasteiger partial charge in [-0.3, -0.25) is 9.59 Å². The number of hydrogen-bond donors (Lipinski definition) is 1. The Balaban J connectivity index is 2.29. The zero-order chi connectivity index (χ0) is 14.1. The smallest absolute Gasteiger partial charge is 0.311 e. The Labute approximate surface area is 114 Å². The van der Waals surface area contributed by atoms with Gasteiger partial charge in [-0.1, -0.05) is 43.7 Å². The average molecular weight is 262 g/mol. The first kappa shape index (κ1) is 15.2. The summed E-state index contributed by atoms with van der Waals surface area (Å²) < 4.78 is 0. The lowest BCUT2D eigenvalue weighted by molar-refractivity contribution is -0.145. The van der Waals surface area contributed by atoms with Crippen molar-refractivity contribution in [2.24, 2.45) is 0 Å². The second-order valence-electron chi connectivity index (χ2n) is 4.57. The van der Waals surface area contributed by atoms with Crippen molar-refractivity contribution >= 4 is 11.8 Å². The number of unbranched alkanes of at least 4 members (excludes halogenated alkanes) is 1. The van der Waals surface area contributed by atoms with Crippen LogP contribution in [-0.2, 0) is 16.0 Å². The average Bonchev–Trinajstić information content (AvgIpc) is 2.44. The summed E-state index contributed by atoms with van der Waals surface area (Å²) in [4.78, 5) is 24.8. The normalized spacial score (nSPS) is 10.0. The molecule has 1 aromatic rings. The molecule has 0 aliphatic carbocycles. The fourth-order valence-electron chi connectivity index (χ4n) is 1.71. The van der Waals surface area contributed by atoms with E-state index in [4.69, 9.17) is 0 Å². The van der Waals surface area contributed by atoms with Gasteiger partial charge in [0.05, 0.1) is 0 Å². The topological polar surface area (TPSA) is 49.4 Å². The molecule has 0 saturated heterocycles. The molecule has 0 fully saturated rings. The molecule has 1 N–H and O–H groups in total. The van der Waals surface area contributed by atoms with Crippen LogP contribution in [0.1, 0.15) is 25.3 Å². The van der Waals surface area contributed by atoms with Crippen molar-refractivity contribution in [3.63, 3.8) is 0 Å². The van der Waals surface area contributed by atoms with Gasteiger partial charge < -0.3 is 10.2 Å². The van der Waals surface area contributed by atoms with Crippen molar-refractivity contribution in [1.82, 2.24) is 10.2 Å². The van der Waals surface area contributed by atoms with Crippen LogP contribution in [0.2, 0.25) is 0 Å². The van der Waals surface area contributed by atoms with Crippen LogP contribution < -0.4 is 5.32 Å². The van der Waals surface area contributed by atoms with E-state index in [-0.39, 0.29) is 0 Å². The molecule has 19 heavy (non-hydrogen) atoms. The maximum Gasteiger partial charge on any atom is 0.311 e. The van der Waals surface area contributed by atoms with Gasteiger partial charge in [-0.25, -0.2) is 0 Å². The van der Waals surface area contributed by atoms with E-state index in [1.165, 1.54) is 4.90 Å². The number of likely N-dealkylation sites (N-methyl/N-ethyl adjacent to an activating group) is 1. The monoisotopic (exact) mass is 262 g/mol. The maximum atomic E-state index is 11.7. The van der Waals surface area contributed by atoms with E-state index in [1.54, 1.807) is 7.05 Å². The maximum absolute atomic E-state index is 11.7. The molecular weight excluding hydrogens is 240 g/mol. The van der Waals surface area contributed by atoms with E-state index in [2.05, 4.69) is 12.2 Å². The standard InChI is InChI=1S/C15H22N2O2/c1-3-4-12-17(2)15(19)14(18)16-11-10-13-8-6-5-7-9-13/h5-9H,3-4,10-12H2,1-2H3,(H,16,18). The fourth-order valence-corrected chi connectivity index (χ4v) is 1.71. The summed E-state index contributed by atoms with van der Waals surface area (Å²) in [5.41, 5.74) is 1.15. The van der Waals surface area contributed by atoms with Crippen molar-refractivity contribution in [2.45, 2.75) is 26.2 Å². The number of nitrogens with one attached hydrogen (secondary N) is 1. The van der Waals surface area contributed by atoms with Crippen LogP contribution in [0.15, 0.2) is 30.3 Å². The van der Waals surface area contributed by atoms with Crippen LogP contribution in [0.25, 0.3) is 0 Å². The lowest BCUT2D eigenvalue weighted by Crippen LogP contribution is -2.42. The molecule has 1 rings (SSSR count). The third kappa shape index (κ3) is 5.55. The van der Waals surface area contributed by atoms with Crippen LogP contribution in [-0.4, -0.2) is 36.9 Å². The minimum atomic E-state index is -0.519. The second-order valence-corrected chi connectivity index (χ2v) is 4.57. The number of nitrogens with zero attached hydrogens (tertiary/aromatic N) is 1. The molecule has 0 heterocycles. The van der Waals surface area contributed by atoms with Crippen molar-refractivity contribution in [2.75, 3.05) is 20.1 Å². The summed E-state index contributed by atoms with van der Waals surface area (Å²) in [6.07, 6.45) is 2.66. The highest BCUT2D eigenvalue weighted by Gasteiger charge is 2.17. The van der Waals surface area contributed by atoms with Crippen molar-refractivity contribution in [1.29, 1.82) is 0 Å². The van der Waals surface area contributed by atoms with Crippen LogP contribution in [0.3, 0.4) is 0 Å². The predicted molar refractivity (Wildman–Crippen MR) is 75.7 cm³/mol. The van der Waals surface area contributed by atoms with E-state index in [9.17, 15) is 9.59 Å². The molecule has 0 unspecified atom stereocenters. The Morgan fingerprint density at radius 3 is 2.53 bits per heavy atom. The molecule has 0 bridgehead atoms. The quantitative estimate of drug-likeness (QED) is 0.792. The zero-order valence-electron chi connectivity index (χ0n) is 11.7. The highest BCUT2D eigenvalue weighted by molar-refractivity contribution is 6.34. The first-order valence-corrected chi connectivity index (χ1v) is 6.72. The number of hydrogen-bond acceptors (Lipinski definition) is 2. The van der Waals surface area contributed by atoms with Crippen LogP contribution >= 0.6 is 0 Å². The highest BCUT2D eigenvalue weighted by Crippen LogP contribution is 1.98. The molecule has 0 aliphatic heterocycles. The molecule has 0 aromatic heterocycles. The lowest BCUT2D eigenvalue weighted by atomic mass is 10.1. The van der Waals surface area contributed by atoms with Crippen LogP contribution in [0, 0.1) is 0 Å². The third-order valence-corrected chi connectivity index (χ3v) is 2.93. The molecule has 1 aromatic carbocycles. The molecular formula is C15H22N2O2. The van der Waals surface area contributed by atoms with E-state index >= 15 is 0 Å². The number of carbonyl (C=O) groups is 2. The van der Waals surface area contributed by atoms with Gasteiger partial charge in [0.2, 0.25) is 0 Å². The molecule has 0 atom stereocenters. The molecule has 4 nitrogen and oxygen atoms in total. The van der Waals surface area contributed by atoms with Gasteiger partial charge >= 0.3 is 11.8 Å². The van der Waals surface area contributed by atoms with Gasteiger partial charge in [-0.15, -0.1) is 0 Å². The van der Waals surface area contributed by atoms with Crippen molar-refractivity contribution < 1.29 is 9.59 Å². The summed E-state index contributed by atoms with van der Waals surface area (Å²) in [6, 6.07) is 9.87. The van der Waals surface area contributed by atoms with Gasteiger partial charge in [0, 0.05) is 20.1 Å². The molecule has 0 spiro atoms. The summed E-state index contributed by atoms with van der Waals surface area (Å²) >= 11 is 0. The van der Waals surface area contributed by atoms with Gasteiger partial charge in [-0.2, -0.15) is 0 Å². The fraction of sp³-hybridized carbons (Fsp3) is 0.467. The number of benzene rings is 1. The predicted octanol–water partition coefficient (Wildman–Crippen LogP) is 1.60. The van der Waals surface area contributed by atoms with E-state index < -0.39 is 11.8 Å². The largest absolute Gasteiger partial charge is 0.347 e. The summed E-state index contributed by atoms with van der Waals surface area (Å²) in [7, 11) is 1.66. The Morgan fingerprint density at radius 2 is 1.89 bits per heavy atom. The van der Waals surface area contributed by atoms with E-state index in [1.807, 2.05) is 30.3 Å². The minimum Gasteiger partial charge on any atom is -0.347 e. The lowest BCUT2D eigenvalue weighted by Gasteiger charge is -2.15. The molecule has 104 valence electrons. The summed E-state index contributed by atoms with van der Waals surface area (Å²) in [5.74, 6) is -0.976. The Hall–Kier alpha value is -1.84. The van der Waals surface area contributed by atoms with Crippen molar-refractivity contribution in [3.05, 3.63) is 35.9 Å². The van der Waals surface area contributed by atoms with Gasteiger partial charge in [0.25, 0.3) is 0 Å². The second kappa shape index (κ2) is 8.29.